The lowest BCUT2D eigenvalue weighted by Crippen LogP contribution is -2.31. The van der Waals surface area contributed by atoms with E-state index in [0.717, 1.165) is 0 Å². The molecule has 0 saturated heterocycles. The Kier molecular flexibility index (Phi) is 3.98. The van der Waals surface area contributed by atoms with Crippen LogP contribution in [0.2, 0.25) is 0 Å². The van der Waals surface area contributed by atoms with E-state index in [1.165, 1.54) is 19.3 Å². The summed E-state index contributed by atoms with van der Waals surface area (Å²) in [4.78, 5) is 27.1. The Morgan fingerprint density at radius 3 is 2.65 bits per heavy atom. The topological polar surface area (TPSA) is 135 Å². The highest BCUT2D eigenvalue weighted by Crippen LogP contribution is 2.33. The Bertz CT molecular complexity index is 999. The SMILES string of the molecule is CC(O)c1nc2nc(-c3noc(=O)[nH]3)nc(NC(C)C3CCC3)c2n1C. The van der Waals surface area contributed by atoms with Gasteiger partial charge in [-0.15, -0.1) is 0 Å². The highest BCUT2D eigenvalue weighted by atomic mass is 16.5. The minimum Gasteiger partial charge on any atom is -0.385 e. The predicted molar refractivity (Wildman–Crippen MR) is 93.5 cm³/mol. The zero-order valence-electron chi connectivity index (χ0n) is 14.9. The van der Waals surface area contributed by atoms with E-state index in [0.29, 0.717) is 28.7 Å². The minimum atomic E-state index is -0.749. The largest absolute Gasteiger partial charge is 0.439 e. The summed E-state index contributed by atoms with van der Waals surface area (Å²) in [6.07, 6.45) is 2.88. The van der Waals surface area contributed by atoms with Crippen LogP contribution in [-0.2, 0) is 7.05 Å². The molecule has 1 fully saturated rings. The van der Waals surface area contributed by atoms with Crippen molar-refractivity contribution in [2.45, 2.75) is 45.3 Å². The molecule has 10 heteroatoms. The van der Waals surface area contributed by atoms with Gasteiger partial charge < -0.3 is 15.0 Å². The lowest BCUT2D eigenvalue weighted by molar-refractivity contribution is 0.186. The maximum absolute atomic E-state index is 11.3. The van der Waals surface area contributed by atoms with Crippen molar-refractivity contribution in [3.05, 3.63) is 16.4 Å². The summed E-state index contributed by atoms with van der Waals surface area (Å²) in [5.41, 5.74) is 1.11. The molecular formula is C16H21N7O3. The summed E-state index contributed by atoms with van der Waals surface area (Å²) >= 11 is 0. The third kappa shape index (κ3) is 2.75. The zero-order valence-corrected chi connectivity index (χ0v) is 14.9. The van der Waals surface area contributed by atoms with Crippen LogP contribution < -0.4 is 11.1 Å². The highest BCUT2D eigenvalue weighted by molar-refractivity contribution is 5.85. The van der Waals surface area contributed by atoms with Gasteiger partial charge in [0.15, 0.2) is 11.5 Å². The van der Waals surface area contributed by atoms with Crippen molar-refractivity contribution in [3.63, 3.8) is 0 Å². The van der Waals surface area contributed by atoms with Crippen LogP contribution in [0.15, 0.2) is 9.32 Å². The van der Waals surface area contributed by atoms with Crippen LogP contribution >= 0.6 is 0 Å². The Morgan fingerprint density at radius 1 is 1.31 bits per heavy atom. The molecule has 3 N–H and O–H groups in total. The molecule has 3 aromatic rings. The minimum absolute atomic E-state index is 0.139. The van der Waals surface area contributed by atoms with Gasteiger partial charge in [-0.25, -0.2) is 19.7 Å². The van der Waals surface area contributed by atoms with Gasteiger partial charge in [-0.2, -0.15) is 0 Å². The van der Waals surface area contributed by atoms with Crippen LogP contribution in [0.4, 0.5) is 5.82 Å². The van der Waals surface area contributed by atoms with Crippen LogP contribution in [0, 0.1) is 5.92 Å². The van der Waals surface area contributed by atoms with Crippen molar-refractivity contribution in [2.75, 3.05) is 5.32 Å². The van der Waals surface area contributed by atoms with Gasteiger partial charge in [0.05, 0.1) is 0 Å². The predicted octanol–water partition coefficient (Wildman–Crippen LogP) is 1.36. The first-order valence-corrected chi connectivity index (χ1v) is 8.69. The van der Waals surface area contributed by atoms with Crippen molar-refractivity contribution in [1.82, 2.24) is 29.7 Å². The molecule has 0 bridgehead atoms. The molecule has 1 aliphatic rings. The molecule has 0 radical (unpaired) electrons. The van der Waals surface area contributed by atoms with Crippen molar-refractivity contribution in [3.8, 4) is 11.6 Å². The Morgan fingerprint density at radius 2 is 2.08 bits per heavy atom. The Hall–Kier alpha value is -2.75. The van der Waals surface area contributed by atoms with Crippen molar-refractivity contribution in [1.29, 1.82) is 0 Å². The number of fused-ring (bicyclic) bond motifs is 1. The van der Waals surface area contributed by atoms with Gasteiger partial charge in [0, 0.05) is 13.1 Å². The molecule has 4 rings (SSSR count). The highest BCUT2D eigenvalue weighted by Gasteiger charge is 2.26. The number of aliphatic hydroxyl groups is 1. The molecule has 0 aromatic carbocycles. The normalized spacial score (nSPS) is 17.2. The number of H-pyrrole nitrogens is 1. The number of hydrogen-bond acceptors (Lipinski definition) is 8. The van der Waals surface area contributed by atoms with Gasteiger partial charge >= 0.3 is 5.76 Å². The van der Waals surface area contributed by atoms with Crippen molar-refractivity contribution < 1.29 is 9.63 Å². The van der Waals surface area contributed by atoms with E-state index in [2.05, 4.69) is 41.9 Å². The number of aromatic amines is 1. The first kappa shape index (κ1) is 16.7. The summed E-state index contributed by atoms with van der Waals surface area (Å²) in [5.74, 6) is 1.35. The molecule has 0 spiro atoms. The van der Waals surface area contributed by atoms with Crippen LogP contribution in [0.25, 0.3) is 22.8 Å². The summed E-state index contributed by atoms with van der Waals surface area (Å²) in [6, 6.07) is 0.232. The Balaban J connectivity index is 1.85. The molecule has 1 aliphatic carbocycles. The summed E-state index contributed by atoms with van der Waals surface area (Å²) in [5, 5.41) is 17.1. The smallest absolute Gasteiger partial charge is 0.385 e. The molecule has 1 saturated carbocycles. The number of aromatic nitrogens is 6. The fraction of sp³-hybridized carbons (Fsp3) is 0.562. The maximum Gasteiger partial charge on any atom is 0.439 e. The van der Waals surface area contributed by atoms with E-state index in [1.54, 1.807) is 11.5 Å². The van der Waals surface area contributed by atoms with Gasteiger partial charge in [0.2, 0.25) is 11.6 Å². The maximum atomic E-state index is 11.3. The third-order valence-corrected chi connectivity index (χ3v) is 5.01. The van der Waals surface area contributed by atoms with E-state index in [9.17, 15) is 9.90 Å². The average molecular weight is 359 g/mol. The van der Waals surface area contributed by atoms with Gasteiger partial charge in [0.25, 0.3) is 0 Å². The van der Waals surface area contributed by atoms with Gasteiger partial charge in [0.1, 0.15) is 17.4 Å². The van der Waals surface area contributed by atoms with Crippen molar-refractivity contribution in [2.24, 2.45) is 13.0 Å². The Labute approximate surface area is 148 Å². The summed E-state index contributed by atoms with van der Waals surface area (Å²) in [7, 11) is 1.82. The van der Waals surface area contributed by atoms with Crippen LogP contribution in [-0.4, -0.2) is 40.8 Å². The number of rotatable bonds is 5. The molecule has 138 valence electrons. The molecule has 10 nitrogen and oxygen atoms in total. The summed E-state index contributed by atoms with van der Waals surface area (Å²) in [6.45, 7) is 3.77. The fourth-order valence-electron chi connectivity index (χ4n) is 3.31. The first-order chi connectivity index (χ1) is 12.4. The number of aliphatic hydroxyl groups excluding tert-OH is 1. The van der Waals surface area contributed by atoms with E-state index in [4.69, 9.17) is 0 Å². The molecule has 2 atom stereocenters. The van der Waals surface area contributed by atoms with E-state index >= 15 is 0 Å². The molecule has 3 heterocycles. The molecule has 26 heavy (non-hydrogen) atoms. The second-order valence-electron chi connectivity index (χ2n) is 6.84. The molecule has 0 aliphatic heterocycles. The molecule has 2 unspecified atom stereocenters. The van der Waals surface area contributed by atoms with E-state index in [-0.39, 0.29) is 17.7 Å². The first-order valence-electron chi connectivity index (χ1n) is 8.69. The lowest BCUT2D eigenvalue weighted by atomic mass is 9.80. The average Bonchev–Trinajstić information content (AvgIpc) is 3.09. The van der Waals surface area contributed by atoms with Gasteiger partial charge in [-0.05, 0) is 32.6 Å². The number of aryl methyl sites for hydroxylation is 1. The number of anilines is 1. The monoisotopic (exact) mass is 359 g/mol. The van der Waals surface area contributed by atoms with Crippen LogP contribution in [0.5, 0.6) is 0 Å². The van der Waals surface area contributed by atoms with Crippen LogP contribution in [0.3, 0.4) is 0 Å². The van der Waals surface area contributed by atoms with Crippen molar-refractivity contribution >= 4 is 17.0 Å². The second-order valence-corrected chi connectivity index (χ2v) is 6.84. The second kappa shape index (κ2) is 6.20. The van der Waals surface area contributed by atoms with E-state index in [1.807, 2.05) is 7.05 Å². The number of imidazole rings is 1. The number of nitrogens with zero attached hydrogens (tertiary/aromatic N) is 5. The molecule has 0 amide bonds. The fourth-order valence-corrected chi connectivity index (χ4v) is 3.31. The number of nitrogens with one attached hydrogen (secondary N) is 2. The number of hydrogen-bond donors (Lipinski definition) is 3. The lowest BCUT2D eigenvalue weighted by Gasteiger charge is -2.32. The third-order valence-electron chi connectivity index (χ3n) is 5.01. The zero-order chi connectivity index (χ0) is 18.4. The standard InChI is InChI=1S/C16H21N7O3/c1-7(9-5-4-6-9)17-11-10-12(20-15(8(2)24)23(10)3)19-13(18-11)14-21-16(25)26-22-14/h7-9,24H,4-6H2,1-3H3,(H,17,18,19)(H,21,22,25). The summed E-state index contributed by atoms with van der Waals surface area (Å²) < 4.78 is 6.34. The van der Waals surface area contributed by atoms with Gasteiger partial charge in [-0.3, -0.25) is 9.51 Å². The quantitative estimate of drug-likeness (QED) is 0.621. The molecule has 3 aromatic heterocycles. The van der Waals surface area contributed by atoms with Gasteiger partial charge in [-0.1, -0.05) is 11.6 Å². The molecular weight excluding hydrogens is 338 g/mol. The van der Waals surface area contributed by atoms with E-state index < -0.39 is 11.9 Å². The van der Waals surface area contributed by atoms with Crippen LogP contribution in [0.1, 0.15) is 45.0 Å².